The molecule has 33 heavy (non-hydrogen) atoms. The molecule has 2 aliphatic rings. The van der Waals surface area contributed by atoms with Gasteiger partial charge in [0.15, 0.2) is 0 Å². The third-order valence-corrected chi connectivity index (χ3v) is 6.03. The van der Waals surface area contributed by atoms with Gasteiger partial charge < -0.3 is 0 Å². The Kier molecular flexibility index (Phi) is 9.16. The van der Waals surface area contributed by atoms with E-state index < -0.39 is 80.8 Å². The fraction of sp³-hybridized carbons (Fsp3) is 0.611. The first-order chi connectivity index (χ1) is 15.5. The van der Waals surface area contributed by atoms with E-state index in [9.17, 15) is 37.4 Å². The fourth-order valence-electron chi connectivity index (χ4n) is 2.63. The first-order valence-corrected chi connectivity index (χ1v) is 11.3. The number of imide groups is 2. The van der Waals surface area contributed by atoms with Gasteiger partial charge in [-0.15, -0.1) is 5.06 Å². The van der Waals surface area contributed by atoms with Crippen molar-refractivity contribution in [2.24, 2.45) is 0 Å². The summed E-state index contributed by atoms with van der Waals surface area (Å²) in [4.78, 5) is 85.7. The molecule has 2 rings (SSSR count). The van der Waals surface area contributed by atoms with Gasteiger partial charge in [0.25, 0.3) is 11.8 Å². The van der Waals surface area contributed by atoms with Crippen LogP contribution in [0.2, 0.25) is 5.36 Å². The molecule has 2 saturated heterocycles. The number of rotatable bonds is 10. The van der Waals surface area contributed by atoms with E-state index in [0.29, 0.717) is 9.01 Å². The van der Waals surface area contributed by atoms with Gasteiger partial charge in [-0.3, -0.25) is 9.59 Å². The average Bonchev–Trinajstić information content (AvgIpc) is 3.21. The second kappa shape index (κ2) is 11.6. The molecule has 0 aromatic heterocycles. The molecule has 14 nitrogen and oxygen atoms in total. The van der Waals surface area contributed by atoms with Crippen molar-refractivity contribution in [3.8, 4) is 0 Å². The van der Waals surface area contributed by atoms with Crippen LogP contribution in [-0.4, -0.2) is 69.5 Å². The van der Waals surface area contributed by atoms with Crippen molar-refractivity contribution >= 4 is 41.7 Å². The molecule has 0 aliphatic carbocycles. The number of hydroxylamine groups is 2. The Bertz CT molecular complexity index is 856. The van der Waals surface area contributed by atoms with E-state index in [-0.39, 0.29) is 31.0 Å². The molecule has 185 valence electrons. The van der Waals surface area contributed by atoms with Gasteiger partial charge in [0.05, 0.1) is 0 Å². The molecule has 0 aromatic rings. The van der Waals surface area contributed by atoms with E-state index in [1.807, 2.05) is 0 Å². The molecular weight excluding hydrogens is 495 g/mol. The van der Waals surface area contributed by atoms with E-state index in [4.69, 9.17) is 9.47 Å². The van der Waals surface area contributed by atoms with Crippen molar-refractivity contribution in [1.29, 1.82) is 0 Å². The first kappa shape index (κ1) is 26.1. The number of nitrogens with zero attached hydrogens (tertiary/aromatic N) is 2. The van der Waals surface area contributed by atoms with Crippen molar-refractivity contribution in [2.45, 2.75) is 63.5 Å². The third-order valence-electron chi connectivity index (χ3n) is 4.03. The summed E-state index contributed by atoms with van der Waals surface area (Å²) in [5, 5.41) is 0.0611. The molecule has 4 amide bonds. The molecule has 0 spiro atoms. The van der Waals surface area contributed by atoms with Crippen molar-refractivity contribution < 1.29 is 70.3 Å². The second-order valence-corrected chi connectivity index (χ2v) is 8.67. The number of esters is 1. The van der Waals surface area contributed by atoms with Crippen molar-refractivity contribution in [3.05, 3.63) is 0 Å². The standard InChI is InChI=1S/C14H18NO9.C4H5NO2.Co.O/c1-8(2)22-14(20)21-7-13(19)23-9(3)6-12(18)24-15-10(16)4-5-11(15)17;6-3-1-2-4(7)5-3;;/h8-9H,1,4-7H2,2-3H3;1-2H2,(H,5,6,7);;/q;;+1;/p-1. The molecule has 0 bridgehead atoms. The van der Waals surface area contributed by atoms with E-state index >= 15 is 0 Å². The predicted molar refractivity (Wildman–Crippen MR) is 95.8 cm³/mol. The number of hydrogen-bond donors (Lipinski definition) is 0. The van der Waals surface area contributed by atoms with E-state index in [2.05, 4.69) is 9.57 Å². The summed E-state index contributed by atoms with van der Waals surface area (Å²) in [6.45, 7) is 1.84. The quantitative estimate of drug-likeness (QED) is 0.278. The average molecular weight is 517 g/mol. The van der Waals surface area contributed by atoms with Crippen LogP contribution in [0.5, 0.6) is 0 Å². The van der Waals surface area contributed by atoms with Crippen LogP contribution in [0.25, 0.3) is 0 Å². The summed E-state index contributed by atoms with van der Waals surface area (Å²) < 4.78 is 27.0. The molecule has 0 N–H and O–H groups in total. The topological polar surface area (TPSA) is 180 Å². The van der Waals surface area contributed by atoms with Crippen LogP contribution in [0.1, 0.15) is 46.0 Å². The summed E-state index contributed by atoms with van der Waals surface area (Å²) in [6, 6.07) is 0. The van der Waals surface area contributed by atoms with Crippen LogP contribution < -0.4 is 0 Å². The van der Waals surface area contributed by atoms with Crippen LogP contribution in [0.4, 0.5) is 4.79 Å². The fourth-order valence-corrected chi connectivity index (χ4v) is 4.23. The Morgan fingerprint density at radius 1 is 0.848 bits per heavy atom. The van der Waals surface area contributed by atoms with E-state index in [0.717, 1.165) is 0 Å². The van der Waals surface area contributed by atoms with Crippen molar-refractivity contribution in [1.82, 2.24) is 9.01 Å². The minimum atomic E-state index is -2.39. The summed E-state index contributed by atoms with van der Waals surface area (Å²) >= 11 is -2.39. The van der Waals surface area contributed by atoms with Gasteiger partial charge in [0.1, 0.15) is 0 Å². The van der Waals surface area contributed by atoms with Gasteiger partial charge in [-0.25, -0.2) is 0 Å². The van der Waals surface area contributed by atoms with Crippen molar-refractivity contribution in [2.75, 3.05) is 6.61 Å². The molecule has 15 heteroatoms. The van der Waals surface area contributed by atoms with Crippen LogP contribution in [0, 0.1) is 0 Å². The van der Waals surface area contributed by atoms with Gasteiger partial charge in [-0.05, 0) is 0 Å². The minimum absolute atomic E-state index is 0.0244. The van der Waals surface area contributed by atoms with Gasteiger partial charge in [0, 0.05) is 12.8 Å². The Labute approximate surface area is 191 Å². The maximum atomic E-state index is 12.1. The monoisotopic (exact) mass is 517 g/mol. The molecule has 2 aliphatic heterocycles. The van der Waals surface area contributed by atoms with Gasteiger partial charge in [0.2, 0.25) is 0 Å². The number of carbonyl (C=O) groups excluding carboxylic acids is 7. The zero-order chi connectivity index (χ0) is 24.7. The zero-order valence-corrected chi connectivity index (χ0v) is 18.8. The molecule has 0 radical (unpaired) electrons. The Morgan fingerprint density at radius 3 is 1.97 bits per heavy atom. The van der Waals surface area contributed by atoms with Crippen molar-refractivity contribution in [3.63, 3.8) is 0 Å². The van der Waals surface area contributed by atoms with Crippen LogP contribution in [0.3, 0.4) is 0 Å². The normalized spacial score (nSPS) is 18.2. The zero-order valence-electron chi connectivity index (χ0n) is 17.7. The van der Waals surface area contributed by atoms with Crippen LogP contribution >= 0.6 is 0 Å². The molecule has 2 unspecified atom stereocenters. The number of amides is 4. The molecule has 2 fully saturated rings. The maximum absolute atomic E-state index is 12.1. The van der Waals surface area contributed by atoms with Gasteiger partial charge >= 0.3 is 152 Å². The number of carbonyl (C=O) groups is 7. The van der Waals surface area contributed by atoms with Gasteiger partial charge in [-0.2, -0.15) is 0 Å². The summed E-state index contributed by atoms with van der Waals surface area (Å²) in [7, 11) is 0. The van der Waals surface area contributed by atoms with Crippen LogP contribution in [0.15, 0.2) is 0 Å². The molecule has 2 heterocycles. The third kappa shape index (κ3) is 7.71. The number of hydrogen-bond acceptors (Lipinski definition) is 12. The predicted octanol–water partition coefficient (Wildman–Crippen LogP) is -0.0969. The Balaban J connectivity index is 1.66. The second-order valence-electron chi connectivity index (χ2n) is 6.96. The van der Waals surface area contributed by atoms with E-state index in [1.165, 1.54) is 13.8 Å². The van der Waals surface area contributed by atoms with E-state index in [1.54, 1.807) is 0 Å². The van der Waals surface area contributed by atoms with Gasteiger partial charge in [-0.1, -0.05) is 0 Å². The first-order valence-electron chi connectivity index (χ1n) is 9.70. The Hall–Kier alpha value is -3.20. The SMILES string of the molecule is CC(CC(=O)ON1C(=O)CCC1=O)OC(=O)COC(=O)OC(C)[CH2][Co](=[O])[N]1C(=O)CCC1=O. The summed E-state index contributed by atoms with van der Waals surface area (Å²) in [5.74, 6) is -4.42. The number of ether oxygens (including phenoxy) is 3. The summed E-state index contributed by atoms with van der Waals surface area (Å²) in [5.41, 5.74) is 0. The summed E-state index contributed by atoms with van der Waals surface area (Å²) in [6.07, 6.45) is -3.92. The van der Waals surface area contributed by atoms with Crippen LogP contribution in [-0.2, 0) is 65.5 Å². The molecule has 0 aromatic carbocycles. The molecule has 2 atom stereocenters. The Morgan fingerprint density at radius 2 is 1.39 bits per heavy atom. The molecular formula is C18H22CoN2O12. The molecule has 0 saturated carbocycles.